The lowest BCUT2D eigenvalue weighted by molar-refractivity contribution is 0.0320. The molecule has 5 heteroatoms. The molecule has 1 N–H and O–H groups in total. The maximum atomic E-state index is 9.19. The second-order valence-corrected chi connectivity index (χ2v) is 14.5. The summed E-state index contributed by atoms with van der Waals surface area (Å²) in [4.78, 5) is 2.59. The van der Waals surface area contributed by atoms with Crippen molar-refractivity contribution in [3.05, 3.63) is 60.7 Å². The predicted octanol–water partition coefficient (Wildman–Crippen LogP) is 3.18. The zero-order chi connectivity index (χ0) is 22.0. The van der Waals surface area contributed by atoms with Gasteiger partial charge >= 0.3 is 0 Å². The summed E-state index contributed by atoms with van der Waals surface area (Å²) in [5.74, 6) is 0. The summed E-state index contributed by atoms with van der Waals surface area (Å²) in [6, 6.07) is 21.8. The summed E-state index contributed by atoms with van der Waals surface area (Å²) >= 11 is 0. The van der Waals surface area contributed by atoms with Crippen LogP contribution >= 0.6 is 0 Å². The fraction of sp³-hybridized carbons (Fsp3) is 0.538. The van der Waals surface area contributed by atoms with Crippen molar-refractivity contribution in [1.82, 2.24) is 4.90 Å². The normalized spacial score (nSPS) is 24.5. The quantitative estimate of drug-likeness (QED) is 0.642. The molecular formula is C26H37NO3Si. The van der Waals surface area contributed by atoms with Crippen LogP contribution in [-0.2, 0) is 9.16 Å². The van der Waals surface area contributed by atoms with E-state index in [-0.39, 0.29) is 23.3 Å². The average Bonchev–Trinajstić information content (AvgIpc) is 3.30. The maximum absolute atomic E-state index is 9.19. The van der Waals surface area contributed by atoms with Crippen molar-refractivity contribution >= 4 is 18.7 Å². The first-order chi connectivity index (χ1) is 14.9. The Morgan fingerprint density at radius 1 is 1.03 bits per heavy atom. The summed E-state index contributed by atoms with van der Waals surface area (Å²) in [5.41, 5.74) is 0.0488. The van der Waals surface area contributed by atoms with Crippen molar-refractivity contribution in [3.8, 4) is 0 Å². The molecule has 2 fully saturated rings. The Bertz CT molecular complexity index is 799. The third-order valence-corrected chi connectivity index (χ3v) is 12.2. The molecule has 2 aromatic carbocycles. The van der Waals surface area contributed by atoms with Crippen LogP contribution in [0.25, 0.3) is 0 Å². The van der Waals surface area contributed by atoms with E-state index in [0.29, 0.717) is 6.61 Å². The van der Waals surface area contributed by atoms with Crippen LogP contribution < -0.4 is 10.4 Å². The second-order valence-electron chi connectivity index (χ2n) is 10.1. The number of benzene rings is 2. The highest BCUT2D eigenvalue weighted by atomic mass is 28.4. The Morgan fingerprint density at radius 3 is 2.19 bits per heavy atom. The molecule has 0 unspecified atom stereocenters. The Balaban J connectivity index is 1.69. The lowest BCUT2D eigenvalue weighted by atomic mass is 9.94. The predicted molar refractivity (Wildman–Crippen MR) is 129 cm³/mol. The minimum atomic E-state index is -2.54. The summed E-state index contributed by atoms with van der Waals surface area (Å²) in [6.07, 6.45) is 3.56. The molecule has 0 amide bonds. The summed E-state index contributed by atoms with van der Waals surface area (Å²) in [7, 11) is -2.54. The third kappa shape index (κ3) is 4.26. The van der Waals surface area contributed by atoms with Gasteiger partial charge in [0.25, 0.3) is 8.32 Å². The monoisotopic (exact) mass is 439 g/mol. The smallest absolute Gasteiger partial charge is 0.261 e. The molecule has 0 spiro atoms. The second kappa shape index (κ2) is 9.16. The fourth-order valence-corrected chi connectivity index (χ4v) is 10.4. The Labute approximate surface area is 188 Å². The number of rotatable bonds is 8. The standard InChI is InChI=1S/C26H37NO3Si/c1-25(2,3)31(23-11-6-4-7-12-23,24-13-8-5-9-14-24)30-21-26-15-10-16-27(26)20-22(19-26)29-18-17-28/h4-9,11-14,22,28H,10,15-21H2,1-3H3/t22-,26-/m1/s1. The van der Waals surface area contributed by atoms with Gasteiger partial charge in [0.15, 0.2) is 0 Å². The molecule has 4 nitrogen and oxygen atoms in total. The van der Waals surface area contributed by atoms with Crippen LogP contribution in [0.2, 0.25) is 5.04 Å². The van der Waals surface area contributed by atoms with Gasteiger partial charge in [-0.25, -0.2) is 0 Å². The molecule has 0 aromatic heterocycles. The minimum Gasteiger partial charge on any atom is -0.406 e. The number of nitrogens with zero attached hydrogens (tertiary/aromatic N) is 1. The van der Waals surface area contributed by atoms with Crippen molar-refractivity contribution in [1.29, 1.82) is 0 Å². The average molecular weight is 440 g/mol. The van der Waals surface area contributed by atoms with E-state index >= 15 is 0 Å². The Morgan fingerprint density at radius 2 is 1.65 bits per heavy atom. The Hall–Kier alpha value is -1.50. The van der Waals surface area contributed by atoms with Gasteiger partial charge in [-0.3, -0.25) is 4.90 Å². The fourth-order valence-electron chi connectivity index (χ4n) is 5.80. The van der Waals surface area contributed by atoms with Crippen LogP contribution in [-0.4, -0.2) is 62.9 Å². The minimum absolute atomic E-state index is 0.0127. The number of hydrogen-bond acceptors (Lipinski definition) is 4. The van der Waals surface area contributed by atoms with E-state index in [1.807, 2.05) is 0 Å². The maximum Gasteiger partial charge on any atom is 0.261 e. The molecule has 2 aromatic rings. The first-order valence-corrected chi connectivity index (χ1v) is 13.5. The first-order valence-electron chi connectivity index (χ1n) is 11.6. The molecule has 2 heterocycles. The SMILES string of the molecule is CC(C)(C)[Si](OC[C@]12CCCN1C[C@H](OCCO)C2)(c1ccccc1)c1ccccc1. The van der Waals surface area contributed by atoms with E-state index in [9.17, 15) is 5.11 Å². The summed E-state index contributed by atoms with van der Waals surface area (Å²) < 4.78 is 13.2. The molecular weight excluding hydrogens is 402 g/mol. The lowest BCUT2D eigenvalue weighted by Gasteiger charge is -2.45. The molecule has 0 aliphatic carbocycles. The molecule has 0 radical (unpaired) electrons. The van der Waals surface area contributed by atoms with E-state index in [1.54, 1.807) is 0 Å². The van der Waals surface area contributed by atoms with Crippen molar-refractivity contribution in [2.75, 3.05) is 32.9 Å². The summed E-state index contributed by atoms with van der Waals surface area (Å²) in [5, 5.41) is 11.8. The van der Waals surface area contributed by atoms with Gasteiger partial charge < -0.3 is 14.3 Å². The largest absolute Gasteiger partial charge is 0.406 e. The number of hydrogen-bond donors (Lipinski definition) is 1. The molecule has 4 rings (SSSR count). The van der Waals surface area contributed by atoms with Crippen LogP contribution in [0.15, 0.2) is 60.7 Å². The van der Waals surface area contributed by atoms with Crippen molar-refractivity contribution in [2.45, 2.75) is 56.7 Å². The highest BCUT2D eigenvalue weighted by Gasteiger charge is 2.54. The van der Waals surface area contributed by atoms with Crippen LogP contribution in [0, 0.1) is 0 Å². The molecule has 2 aliphatic rings. The van der Waals surface area contributed by atoms with E-state index in [4.69, 9.17) is 9.16 Å². The molecule has 2 saturated heterocycles. The molecule has 0 bridgehead atoms. The van der Waals surface area contributed by atoms with E-state index < -0.39 is 8.32 Å². The molecule has 168 valence electrons. The lowest BCUT2D eigenvalue weighted by Crippen LogP contribution is -2.68. The van der Waals surface area contributed by atoms with E-state index in [2.05, 4.69) is 86.3 Å². The topological polar surface area (TPSA) is 41.9 Å². The zero-order valence-corrected chi connectivity index (χ0v) is 20.2. The van der Waals surface area contributed by atoms with Crippen LogP contribution in [0.4, 0.5) is 0 Å². The van der Waals surface area contributed by atoms with Gasteiger partial charge in [0.1, 0.15) is 0 Å². The van der Waals surface area contributed by atoms with Crippen LogP contribution in [0.3, 0.4) is 0 Å². The molecule has 2 aliphatic heterocycles. The first kappa shape index (κ1) is 22.7. The molecule has 0 saturated carbocycles. The number of aliphatic hydroxyl groups excluding tert-OH is 1. The third-order valence-electron chi connectivity index (χ3n) is 7.19. The van der Waals surface area contributed by atoms with Gasteiger partial charge in [0, 0.05) is 12.1 Å². The molecule has 2 atom stereocenters. The van der Waals surface area contributed by atoms with Gasteiger partial charge in [-0.05, 0) is 41.2 Å². The van der Waals surface area contributed by atoms with Crippen LogP contribution in [0.5, 0.6) is 0 Å². The van der Waals surface area contributed by atoms with Gasteiger partial charge in [0.05, 0.1) is 25.9 Å². The van der Waals surface area contributed by atoms with Gasteiger partial charge in [-0.2, -0.15) is 0 Å². The Kier molecular flexibility index (Phi) is 6.70. The highest BCUT2D eigenvalue weighted by molar-refractivity contribution is 6.99. The van der Waals surface area contributed by atoms with E-state index in [1.165, 1.54) is 16.8 Å². The van der Waals surface area contributed by atoms with Gasteiger partial charge in [-0.15, -0.1) is 0 Å². The number of fused-ring (bicyclic) bond motifs is 1. The van der Waals surface area contributed by atoms with Crippen molar-refractivity contribution in [3.63, 3.8) is 0 Å². The molecule has 31 heavy (non-hydrogen) atoms. The number of aliphatic hydroxyl groups is 1. The van der Waals surface area contributed by atoms with E-state index in [0.717, 1.165) is 32.5 Å². The zero-order valence-electron chi connectivity index (χ0n) is 19.2. The van der Waals surface area contributed by atoms with Crippen LogP contribution in [0.1, 0.15) is 40.0 Å². The highest BCUT2D eigenvalue weighted by Crippen LogP contribution is 2.43. The van der Waals surface area contributed by atoms with Gasteiger partial charge in [-0.1, -0.05) is 81.4 Å². The van der Waals surface area contributed by atoms with Gasteiger partial charge in [0.2, 0.25) is 0 Å². The summed E-state index contributed by atoms with van der Waals surface area (Å²) in [6.45, 7) is 10.3. The van der Waals surface area contributed by atoms with Crippen molar-refractivity contribution < 1.29 is 14.3 Å². The van der Waals surface area contributed by atoms with Crippen molar-refractivity contribution in [2.24, 2.45) is 0 Å². The number of ether oxygens (including phenoxy) is 1.